The summed E-state index contributed by atoms with van der Waals surface area (Å²) in [6.45, 7) is 1.75. The van der Waals surface area contributed by atoms with Crippen LogP contribution in [0.3, 0.4) is 0 Å². The number of benzene rings is 2. The zero-order valence-corrected chi connectivity index (χ0v) is 15.0. The van der Waals surface area contributed by atoms with E-state index in [4.69, 9.17) is 0 Å². The number of carbonyl (C=O) groups excluding carboxylic acids is 2. The highest BCUT2D eigenvalue weighted by molar-refractivity contribution is 6.04. The summed E-state index contributed by atoms with van der Waals surface area (Å²) in [6, 6.07) is 16.1. The third kappa shape index (κ3) is 4.53. The number of aromatic carboxylic acids is 1. The lowest BCUT2D eigenvalue weighted by molar-refractivity contribution is -0.132. The van der Waals surface area contributed by atoms with Crippen molar-refractivity contribution in [3.63, 3.8) is 0 Å². The predicted molar refractivity (Wildman–Crippen MR) is 101 cm³/mol. The molecule has 1 aliphatic heterocycles. The SMILES string of the molecule is O=C(O)c1ccccc1C(=O)N1CCN(C(=O)CCc2ccccc2)CC1. The molecule has 1 heterocycles. The second-order valence-electron chi connectivity index (χ2n) is 6.51. The van der Waals surface area contributed by atoms with Crippen LogP contribution in [-0.2, 0) is 11.2 Å². The summed E-state index contributed by atoms with van der Waals surface area (Å²) in [5.74, 6) is -1.34. The van der Waals surface area contributed by atoms with Crippen LogP contribution < -0.4 is 0 Å². The van der Waals surface area contributed by atoms with E-state index in [1.807, 2.05) is 30.3 Å². The Balaban J connectivity index is 1.55. The molecular weight excluding hydrogens is 344 g/mol. The molecule has 0 atom stereocenters. The van der Waals surface area contributed by atoms with Crippen molar-refractivity contribution in [1.29, 1.82) is 0 Å². The molecule has 0 unspecified atom stereocenters. The fraction of sp³-hybridized carbons (Fsp3) is 0.286. The molecule has 1 N–H and O–H groups in total. The predicted octanol–water partition coefficient (Wildman–Crippen LogP) is 2.30. The first-order chi connectivity index (χ1) is 13.1. The van der Waals surface area contributed by atoms with E-state index in [-0.39, 0.29) is 22.9 Å². The van der Waals surface area contributed by atoms with Crippen LogP contribution in [0.15, 0.2) is 54.6 Å². The van der Waals surface area contributed by atoms with Gasteiger partial charge in [-0.05, 0) is 24.1 Å². The summed E-state index contributed by atoms with van der Waals surface area (Å²) >= 11 is 0. The number of aryl methyl sites for hydroxylation is 1. The summed E-state index contributed by atoms with van der Waals surface area (Å²) in [5, 5.41) is 9.26. The molecule has 0 radical (unpaired) electrons. The van der Waals surface area contributed by atoms with Gasteiger partial charge in [-0.1, -0.05) is 42.5 Å². The Morgan fingerprint density at radius 2 is 1.33 bits per heavy atom. The molecule has 140 valence electrons. The van der Waals surface area contributed by atoms with Crippen LogP contribution in [0.2, 0.25) is 0 Å². The van der Waals surface area contributed by atoms with Gasteiger partial charge >= 0.3 is 5.97 Å². The standard InChI is InChI=1S/C21H22N2O4/c24-19(11-10-16-6-2-1-3-7-16)22-12-14-23(15-13-22)20(25)17-8-4-5-9-18(17)21(26)27/h1-9H,10-15H2,(H,26,27). The van der Waals surface area contributed by atoms with Crippen molar-refractivity contribution in [2.75, 3.05) is 26.2 Å². The van der Waals surface area contributed by atoms with Gasteiger partial charge in [-0.2, -0.15) is 0 Å². The van der Waals surface area contributed by atoms with Crippen LogP contribution in [-0.4, -0.2) is 58.9 Å². The maximum Gasteiger partial charge on any atom is 0.336 e. The zero-order valence-electron chi connectivity index (χ0n) is 15.0. The van der Waals surface area contributed by atoms with E-state index in [2.05, 4.69) is 0 Å². The summed E-state index contributed by atoms with van der Waals surface area (Å²) in [4.78, 5) is 39.8. The molecule has 2 amide bonds. The van der Waals surface area contributed by atoms with E-state index >= 15 is 0 Å². The van der Waals surface area contributed by atoms with Gasteiger partial charge in [0.05, 0.1) is 11.1 Å². The molecular formula is C21H22N2O4. The minimum absolute atomic E-state index is 0.00358. The van der Waals surface area contributed by atoms with E-state index in [1.165, 1.54) is 12.1 Å². The highest BCUT2D eigenvalue weighted by atomic mass is 16.4. The number of piperazine rings is 1. The van der Waals surface area contributed by atoms with Gasteiger partial charge in [0.2, 0.25) is 5.91 Å². The molecule has 27 heavy (non-hydrogen) atoms. The van der Waals surface area contributed by atoms with Crippen molar-refractivity contribution >= 4 is 17.8 Å². The number of hydrogen-bond acceptors (Lipinski definition) is 3. The average molecular weight is 366 g/mol. The monoisotopic (exact) mass is 366 g/mol. The maximum atomic E-state index is 12.7. The van der Waals surface area contributed by atoms with Gasteiger partial charge in [-0.25, -0.2) is 4.79 Å². The van der Waals surface area contributed by atoms with Crippen LogP contribution in [0.25, 0.3) is 0 Å². The maximum absolute atomic E-state index is 12.7. The summed E-state index contributed by atoms with van der Waals surface area (Å²) < 4.78 is 0. The number of rotatable bonds is 5. The Morgan fingerprint density at radius 1 is 0.778 bits per heavy atom. The number of amides is 2. The lowest BCUT2D eigenvalue weighted by Crippen LogP contribution is -2.50. The fourth-order valence-electron chi connectivity index (χ4n) is 3.24. The van der Waals surface area contributed by atoms with Crippen molar-refractivity contribution in [3.8, 4) is 0 Å². The highest BCUT2D eigenvalue weighted by Gasteiger charge is 2.26. The molecule has 0 aliphatic carbocycles. The quantitative estimate of drug-likeness (QED) is 0.881. The van der Waals surface area contributed by atoms with Crippen molar-refractivity contribution in [2.24, 2.45) is 0 Å². The lowest BCUT2D eigenvalue weighted by atomic mass is 10.1. The fourth-order valence-corrected chi connectivity index (χ4v) is 3.24. The van der Waals surface area contributed by atoms with Gasteiger partial charge in [0.25, 0.3) is 5.91 Å². The van der Waals surface area contributed by atoms with E-state index < -0.39 is 5.97 Å². The largest absolute Gasteiger partial charge is 0.478 e. The molecule has 1 aliphatic rings. The molecule has 1 saturated heterocycles. The molecule has 2 aromatic rings. The zero-order chi connectivity index (χ0) is 19.2. The molecule has 3 rings (SSSR count). The van der Waals surface area contributed by atoms with E-state index in [9.17, 15) is 19.5 Å². The summed E-state index contributed by atoms with van der Waals surface area (Å²) in [6.07, 6.45) is 1.14. The van der Waals surface area contributed by atoms with Crippen molar-refractivity contribution in [3.05, 3.63) is 71.3 Å². The second-order valence-corrected chi connectivity index (χ2v) is 6.51. The van der Waals surface area contributed by atoms with E-state index in [0.29, 0.717) is 39.0 Å². The van der Waals surface area contributed by atoms with Crippen LogP contribution >= 0.6 is 0 Å². The minimum Gasteiger partial charge on any atom is -0.478 e. The number of carboxylic acid groups (broad SMARTS) is 1. The molecule has 2 aromatic carbocycles. The summed E-state index contributed by atoms with van der Waals surface area (Å²) in [5.41, 5.74) is 1.32. The first kappa shape index (κ1) is 18.6. The molecule has 0 aromatic heterocycles. The van der Waals surface area contributed by atoms with Crippen LogP contribution in [0.5, 0.6) is 0 Å². The molecule has 0 spiro atoms. The smallest absolute Gasteiger partial charge is 0.336 e. The van der Waals surface area contributed by atoms with Gasteiger partial charge < -0.3 is 14.9 Å². The Bertz CT molecular complexity index is 827. The topological polar surface area (TPSA) is 77.9 Å². The second kappa shape index (κ2) is 8.49. The summed E-state index contributed by atoms with van der Waals surface area (Å²) in [7, 11) is 0. The Labute approximate surface area is 158 Å². The molecule has 1 fully saturated rings. The van der Waals surface area contributed by atoms with Crippen LogP contribution in [0.4, 0.5) is 0 Å². The van der Waals surface area contributed by atoms with Crippen molar-refractivity contribution in [1.82, 2.24) is 9.80 Å². The minimum atomic E-state index is -1.12. The molecule has 0 saturated carbocycles. The van der Waals surface area contributed by atoms with E-state index in [0.717, 1.165) is 5.56 Å². The number of carbonyl (C=O) groups is 3. The van der Waals surface area contributed by atoms with E-state index in [1.54, 1.807) is 21.9 Å². The van der Waals surface area contributed by atoms with Gasteiger partial charge in [-0.15, -0.1) is 0 Å². The normalized spacial score (nSPS) is 14.1. The first-order valence-electron chi connectivity index (χ1n) is 8.99. The van der Waals surface area contributed by atoms with Gasteiger partial charge in [0.15, 0.2) is 0 Å². The molecule has 6 nitrogen and oxygen atoms in total. The lowest BCUT2D eigenvalue weighted by Gasteiger charge is -2.35. The van der Waals surface area contributed by atoms with Gasteiger partial charge in [0, 0.05) is 32.6 Å². The van der Waals surface area contributed by atoms with Crippen molar-refractivity contribution < 1.29 is 19.5 Å². The van der Waals surface area contributed by atoms with Crippen molar-refractivity contribution in [2.45, 2.75) is 12.8 Å². The average Bonchev–Trinajstić information content (AvgIpc) is 2.72. The first-order valence-corrected chi connectivity index (χ1v) is 8.99. The third-order valence-electron chi connectivity index (χ3n) is 4.78. The number of carboxylic acids is 1. The molecule has 0 bridgehead atoms. The highest BCUT2D eigenvalue weighted by Crippen LogP contribution is 2.15. The third-order valence-corrected chi connectivity index (χ3v) is 4.78. The number of nitrogens with zero attached hydrogens (tertiary/aromatic N) is 2. The Hall–Kier alpha value is -3.15. The molecule has 6 heteroatoms. The Kier molecular flexibility index (Phi) is 5.86. The van der Waals surface area contributed by atoms with Crippen LogP contribution in [0, 0.1) is 0 Å². The van der Waals surface area contributed by atoms with Gasteiger partial charge in [0.1, 0.15) is 0 Å². The Morgan fingerprint density at radius 3 is 1.96 bits per heavy atom. The van der Waals surface area contributed by atoms with Crippen LogP contribution in [0.1, 0.15) is 32.7 Å². The van der Waals surface area contributed by atoms with Gasteiger partial charge in [-0.3, -0.25) is 9.59 Å². The number of hydrogen-bond donors (Lipinski definition) is 1.